The molecule has 0 saturated heterocycles. The third-order valence-corrected chi connectivity index (χ3v) is 12.9. The maximum atomic E-state index is 7.27. The molecule has 55 heavy (non-hydrogen) atoms. The van der Waals surface area contributed by atoms with Crippen molar-refractivity contribution in [3.8, 4) is 28.0 Å². The fraction of sp³-hybridized carbons (Fsp3) is 0.245. The Morgan fingerprint density at radius 1 is 0.618 bits per heavy atom. The molecule has 274 valence electrons. The number of methoxy groups -OCH3 is 1. The SMILES string of the molecule is COC1(/C=C(\C)CCCCC2=CC3(Oc4ccc(C(C)(C)c5ccc(C)c(C)c5)cc42)c2ccccc2-c2ccccc23)c2ccccc2-c2ccccc21. The van der Waals surface area contributed by atoms with Crippen LogP contribution in [-0.2, 0) is 21.4 Å². The van der Waals surface area contributed by atoms with E-state index in [9.17, 15) is 0 Å². The number of aryl methyl sites for hydroxylation is 2. The summed E-state index contributed by atoms with van der Waals surface area (Å²) in [5, 5.41) is 0. The Bertz CT molecular complexity index is 2440. The van der Waals surface area contributed by atoms with Gasteiger partial charge in [-0.15, -0.1) is 0 Å². The highest BCUT2D eigenvalue weighted by Gasteiger charge is 2.47. The van der Waals surface area contributed by atoms with E-state index in [1.54, 1.807) is 0 Å². The van der Waals surface area contributed by atoms with Gasteiger partial charge in [0.1, 0.15) is 11.4 Å². The molecule has 0 atom stereocenters. The zero-order valence-corrected chi connectivity index (χ0v) is 33.0. The molecule has 2 nitrogen and oxygen atoms in total. The van der Waals surface area contributed by atoms with Gasteiger partial charge >= 0.3 is 0 Å². The Hall–Kier alpha value is -5.44. The Morgan fingerprint density at radius 3 is 1.73 bits per heavy atom. The minimum absolute atomic E-state index is 0.170. The van der Waals surface area contributed by atoms with Gasteiger partial charge in [0.25, 0.3) is 0 Å². The summed E-state index contributed by atoms with van der Waals surface area (Å²) in [6.07, 6.45) is 8.94. The average Bonchev–Trinajstić information content (AvgIpc) is 3.64. The van der Waals surface area contributed by atoms with Crippen LogP contribution in [0, 0.1) is 13.8 Å². The van der Waals surface area contributed by atoms with E-state index in [4.69, 9.17) is 9.47 Å². The average molecular weight is 719 g/mol. The van der Waals surface area contributed by atoms with E-state index in [0.717, 1.165) is 31.4 Å². The van der Waals surface area contributed by atoms with E-state index >= 15 is 0 Å². The van der Waals surface area contributed by atoms with Gasteiger partial charge < -0.3 is 9.47 Å². The van der Waals surface area contributed by atoms with Crippen molar-refractivity contribution >= 4 is 5.57 Å². The monoisotopic (exact) mass is 718 g/mol. The number of ether oxygens (including phenoxy) is 2. The Kier molecular flexibility index (Phi) is 8.59. The molecule has 0 amide bonds. The Morgan fingerprint density at radius 2 is 1.15 bits per heavy atom. The third kappa shape index (κ3) is 5.56. The lowest BCUT2D eigenvalue weighted by Gasteiger charge is -2.37. The van der Waals surface area contributed by atoms with Crippen LogP contribution in [0.5, 0.6) is 5.75 Å². The molecule has 6 aromatic rings. The molecule has 0 radical (unpaired) electrons. The second kappa shape index (κ2) is 13.4. The standard InChI is InChI=1S/C53H50O2/c1-35(33-52(54-6)46-23-13-9-19-41(46)42-20-10-14-24-47(42)52)17-7-8-18-38-34-53(48-25-15-11-21-43(48)44-22-12-16-26-49(44)53)55-50-30-29-40(32-45(38)50)51(4,5)39-28-27-36(2)37(3)31-39/h9-16,19-34H,7-8,17-18H2,1-6H3/b35-33+. The van der Waals surface area contributed by atoms with Crippen molar-refractivity contribution in [2.24, 2.45) is 0 Å². The van der Waals surface area contributed by atoms with Crippen LogP contribution in [-0.4, -0.2) is 7.11 Å². The lowest BCUT2D eigenvalue weighted by atomic mass is 9.75. The highest BCUT2D eigenvalue weighted by Crippen LogP contribution is 2.55. The van der Waals surface area contributed by atoms with E-state index in [-0.39, 0.29) is 5.41 Å². The second-order valence-electron chi connectivity index (χ2n) is 16.5. The maximum Gasteiger partial charge on any atom is 0.179 e. The predicted octanol–water partition coefficient (Wildman–Crippen LogP) is 13.4. The van der Waals surface area contributed by atoms with Crippen molar-refractivity contribution in [3.05, 3.63) is 201 Å². The van der Waals surface area contributed by atoms with Crippen molar-refractivity contribution in [3.63, 3.8) is 0 Å². The Labute approximate surface area is 327 Å². The molecule has 6 aromatic carbocycles. The molecule has 1 spiro atoms. The van der Waals surface area contributed by atoms with Crippen LogP contribution in [0.1, 0.15) is 96.5 Å². The van der Waals surface area contributed by atoms with Gasteiger partial charge in [-0.3, -0.25) is 0 Å². The summed E-state index contributed by atoms with van der Waals surface area (Å²) in [6.45, 7) is 11.4. The lowest BCUT2D eigenvalue weighted by molar-refractivity contribution is 0.0685. The van der Waals surface area contributed by atoms with E-state index < -0.39 is 11.2 Å². The van der Waals surface area contributed by atoms with Crippen molar-refractivity contribution in [2.45, 2.75) is 76.9 Å². The van der Waals surface area contributed by atoms with Crippen molar-refractivity contribution in [2.75, 3.05) is 7.11 Å². The van der Waals surface area contributed by atoms with E-state index in [0.29, 0.717) is 0 Å². The first kappa shape index (κ1) is 35.3. The summed E-state index contributed by atoms with van der Waals surface area (Å²) in [5.74, 6) is 0.959. The first-order valence-corrected chi connectivity index (χ1v) is 19.9. The zero-order valence-electron chi connectivity index (χ0n) is 33.0. The van der Waals surface area contributed by atoms with E-state index in [1.165, 1.54) is 83.5 Å². The number of rotatable bonds is 9. The molecule has 0 N–H and O–H groups in total. The molecule has 2 heteroatoms. The molecule has 0 unspecified atom stereocenters. The largest absolute Gasteiger partial charge is 0.473 e. The topological polar surface area (TPSA) is 18.5 Å². The van der Waals surface area contributed by atoms with E-state index in [1.807, 2.05) is 7.11 Å². The minimum atomic E-state index is -0.662. The molecule has 1 aliphatic heterocycles. The summed E-state index contributed by atoms with van der Waals surface area (Å²) >= 11 is 0. The summed E-state index contributed by atoms with van der Waals surface area (Å²) in [6, 6.07) is 48.8. The fourth-order valence-corrected chi connectivity index (χ4v) is 9.58. The molecule has 9 rings (SSSR count). The van der Waals surface area contributed by atoms with Crippen LogP contribution in [0.3, 0.4) is 0 Å². The van der Waals surface area contributed by atoms with Crippen LogP contribution in [0.15, 0.2) is 151 Å². The second-order valence-corrected chi connectivity index (χ2v) is 16.5. The van der Waals surface area contributed by atoms with Crippen molar-refractivity contribution in [1.29, 1.82) is 0 Å². The molecule has 2 aliphatic carbocycles. The quantitative estimate of drug-likeness (QED) is 0.109. The number of hydrogen-bond acceptors (Lipinski definition) is 2. The van der Waals surface area contributed by atoms with E-state index in [2.05, 4.69) is 180 Å². The van der Waals surface area contributed by atoms with Gasteiger partial charge in [0.05, 0.1) is 0 Å². The van der Waals surface area contributed by atoms with Gasteiger partial charge in [-0.1, -0.05) is 141 Å². The van der Waals surface area contributed by atoms with Crippen LogP contribution in [0.4, 0.5) is 0 Å². The summed E-state index contributed by atoms with van der Waals surface area (Å²) < 4.78 is 13.7. The van der Waals surface area contributed by atoms with Crippen LogP contribution < -0.4 is 4.74 Å². The maximum absolute atomic E-state index is 7.27. The van der Waals surface area contributed by atoms with Crippen LogP contribution in [0.2, 0.25) is 0 Å². The van der Waals surface area contributed by atoms with Gasteiger partial charge in [-0.2, -0.15) is 0 Å². The normalized spacial score (nSPS) is 15.7. The molecule has 0 saturated carbocycles. The number of fused-ring (bicyclic) bond motifs is 9. The predicted molar refractivity (Wildman–Crippen MR) is 228 cm³/mol. The highest BCUT2D eigenvalue weighted by molar-refractivity contribution is 5.86. The number of hydrogen-bond donors (Lipinski definition) is 0. The molecular weight excluding hydrogens is 669 g/mol. The summed E-state index contributed by atoms with van der Waals surface area (Å²) in [4.78, 5) is 0. The van der Waals surface area contributed by atoms with Crippen LogP contribution >= 0.6 is 0 Å². The fourth-order valence-electron chi connectivity index (χ4n) is 9.58. The first-order chi connectivity index (χ1) is 26.7. The molecular formula is C53H50O2. The Balaban J connectivity index is 1.06. The zero-order chi connectivity index (χ0) is 38.0. The number of benzene rings is 6. The van der Waals surface area contributed by atoms with Crippen molar-refractivity contribution in [1.82, 2.24) is 0 Å². The molecule has 0 fully saturated rings. The molecule has 3 aliphatic rings. The molecule has 0 aromatic heterocycles. The highest BCUT2D eigenvalue weighted by atomic mass is 16.5. The van der Waals surface area contributed by atoms with Crippen molar-refractivity contribution < 1.29 is 9.47 Å². The van der Waals surface area contributed by atoms with Gasteiger partial charge in [-0.25, -0.2) is 0 Å². The smallest absolute Gasteiger partial charge is 0.179 e. The first-order valence-electron chi connectivity index (χ1n) is 19.9. The van der Waals surface area contributed by atoms with Crippen LogP contribution in [0.25, 0.3) is 27.8 Å². The van der Waals surface area contributed by atoms with Gasteiger partial charge in [0.2, 0.25) is 0 Å². The summed E-state index contributed by atoms with van der Waals surface area (Å²) in [7, 11) is 1.85. The molecule has 0 bridgehead atoms. The minimum Gasteiger partial charge on any atom is -0.473 e. The molecule has 1 heterocycles. The van der Waals surface area contributed by atoms with Gasteiger partial charge in [0, 0.05) is 40.3 Å². The lowest BCUT2D eigenvalue weighted by Crippen LogP contribution is -2.33. The summed E-state index contributed by atoms with van der Waals surface area (Å²) in [5.41, 5.74) is 17.7. The number of unbranched alkanes of at least 4 members (excludes halogenated alkanes) is 1. The van der Waals surface area contributed by atoms with Gasteiger partial charge in [-0.05, 0) is 121 Å². The number of allylic oxidation sites excluding steroid dienone is 2. The van der Waals surface area contributed by atoms with Gasteiger partial charge in [0.15, 0.2) is 5.60 Å². The third-order valence-electron chi connectivity index (χ3n) is 12.9.